The molecule has 20 heavy (non-hydrogen) atoms. The minimum absolute atomic E-state index is 0.123. The molecule has 1 aromatic rings. The van der Waals surface area contributed by atoms with Crippen molar-refractivity contribution < 1.29 is 13.9 Å². The van der Waals surface area contributed by atoms with E-state index in [1.165, 1.54) is 38.3 Å². The summed E-state index contributed by atoms with van der Waals surface area (Å²) in [7, 11) is 0. The van der Waals surface area contributed by atoms with Crippen LogP contribution < -0.4 is 4.74 Å². The van der Waals surface area contributed by atoms with Gasteiger partial charge in [-0.1, -0.05) is 0 Å². The number of fused-ring (bicyclic) bond motifs is 3. The maximum atomic E-state index is 13.7. The maximum absolute atomic E-state index is 13.7. The van der Waals surface area contributed by atoms with Gasteiger partial charge in [0.25, 0.3) is 0 Å². The van der Waals surface area contributed by atoms with Crippen molar-refractivity contribution in [3.63, 3.8) is 0 Å². The van der Waals surface area contributed by atoms with Crippen LogP contribution in [-0.4, -0.2) is 36.4 Å². The molecule has 0 radical (unpaired) electrons. The molecule has 3 aliphatic heterocycles. The second-order valence-corrected chi connectivity index (χ2v) is 5.88. The SMILES string of the molecule is CC(=O)c1ccc(OCC2CC3CCN2CC3)cc1F. The van der Waals surface area contributed by atoms with Crippen molar-refractivity contribution in [2.45, 2.75) is 32.2 Å². The van der Waals surface area contributed by atoms with Gasteiger partial charge in [-0.2, -0.15) is 0 Å². The van der Waals surface area contributed by atoms with Crippen molar-refractivity contribution in [2.75, 3.05) is 19.7 Å². The number of Topliss-reactive ketones (excluding diaryl/α,β-unsaturated/α-hetero) is 1. The summed E-state index contributed by atoms with van der Waals surface area (Å²) in [5, 5.41) is 0. The Balaban J connectivity index is 1.61. The fourth-order valence-electron chi connectivity index (χ4n) is 3.32. The fourth-order valence-corrected chi connectivity index (χ4v) is 3.32. The van der Waals surface area contributed by atoms with Crippen LogP contribution in [0.2, 0.25) is 0 Å². The average molecular weight is 277 g/mol. The number of carbonyl (C=O) groups excluding carboxylic acids is 1. The van der Waals surface area contributed by atoms with Crippen molar-refractivity contribution >= 4 is 5.78 Å². The van der Waals surface area contributed by atoms with Gasteiger partial charge in [0.05, 0.1) is 5.56 Å². The Hall–Kier alpha value is -1.42. The summed E-state index contributed by atoms with van der Waals surface area (Å²) in [5.74, 6) is 0.589. The highest BCUT2D eigenvalue weighted by atomic mass is 19.1. The predicted molar refractivity (Wildman–Crippen MR) is 74.6 cm³/mol. The maximum Gasteiger partial charge on any atom is 0.162 e. The topological polar surface area (TPSA) is 29.5 Å². The molecule has 0 aliphatic carbocycles. The van der Waals surface area contributed by atoms with Gasteiger partial charge in [-0.05, 0) is 57.3 Å². The third kappa shape index (κ3) is 2.70. The molecule has 0 saturated carbocycles. The molecule has 1 aromatic carbocycles. The second kappa shape index (κ2) is 5.52. The van der Waals surface area contributed by atoms with Crippen LogP contribution in [0.5, 0.6) is 5.75 Å². The number of benzene rings is 1. The van der Waals surface area contributed by atoms with Crippen LogP contribution >= 0.6 is 0 Å². The number of ether oxygens (including phenoxy) is 1. The number of carbonyl (C=O) groups is 1. The molecular formula is C16H20FNO2. The van der Waals surface area contributed by atoms with Crippen molar-refractivity contribution in [2.24, 2.45) is 5.92 Å². The zero-order chi connectivity index (χ0) is 14.1. The molecule has 3 aliphatic rings. The highest BCUT2D eigenvalue weighted by molar-refractivity contribution is 5.94. The minimum Gasteiger partial charge on any atom is -0.492 e. The molecule has 0 spiro atoms. The van der Waals surface area contributed by atoms with Crippen molar-refractivity contribution in [1.82, 2.24) is 4.90 Å². The lowest BCUT2D eigenvalue weighted by molar-refractivity contribution is 0.0238. The summed E-state index contributed by atoms with van der Waals surface area (Å²) in [6.07, 6.45) is 3.80. The molecule has 4 heteroatoms. The number of hydrogen-bond acceptors (Lipinski definition) is 3. The van der Waals surface area contributed by atoms with Crippen LogP contribution in [0, 0.1) is 11.7 Å². The third-order valence-corrected chi connectivity index (χ3v) is 4.53. The molecule has 108 valence electrons. The zero-order valence-corrected chi connectivity index (χ0v) is 11.8. The Kier molecular flexibility index (Phi) is 3.74. The van der Waals surface area contributed by atoms with Gasteiger partial charge < -0.3 is 4.74 Å². The van der Waals surface area contributed by atoms with E-state index in [2.05, 4.69) is 4.90 Å². The number of piperidine rings is 3. The van der Waals surface area contributed by atoms with E-state index in [0.29, 0.717) is 18.4 Å². The molecule has 1 atom stereocenters. The lowest BCUT2D eigenvalue weighted by Crippen LogP contribution is -2.51. The molecule has 0 aromatic heterocycles. The normalized spacial score (nSPS) is 28.4. The summed E-state index contributed by atoms with van der Waals surface area (Å²) in [6.45, 7) is 4.30. The Morgan fingerprint density at radius 3 is 2.70 bits per heavy atom. The molecule has 3 heterocycles. The molecular weight excluding hydrogens is 257 g/mol. The summed E-state index contributed by atoms with van der Waals surface area (Å²) < 4.78 is 19.4. The largest absolute Gasteiger partial charge is 0.492 e. The standard InChI is InChI=1S/C16H20FNO2/c1-11(19)15-3-2-14(9-16(15)17)20-10-13-8-12-4-6-18(13)7-5-12/h2-3,9,12-13H,4-8,10H2,1H3. The molecule has 2 bridgehead atoms. The Bertz CT molecular complexity index is 509. The summed E-state index contributed by atoms with van der Waals surface area (Å²) in [6, 6.07) is 4.95. The molecule has 0 N–H and O–H groups in total. The second-order valence-electron chi connectivity index (χ2n) is 5.88. The Morgan fingerprint density at radius 1 is 1.40 bits per heavy atom. The van der Waals surface area contributed by atoms with Crippen LogP contribution in [-0.2, 0) is 0 Å². The third-order valence-electron chi connectivity index (χ3n) is 4.53. The molecule has 4 rings (SSSR count). The van der Waals surface area contributed by atoms with Crippen molar-refractivity contribution in [1.29, 1.82) is 0 Å². The van der Waals surface area contributed by atoms with Gasteiger partial charge in [0.2, 0.25) is 0 Å². The van der Waals surface area contributed by atoms with E-state index in [0.717, 1.165) is 19.0 Å². The highest BCUT2D eigenvalue weighted by Gasteiger charge is 2.33. The van der Waals surface area contributed by atoms with E-state index in [9.17, 15) is 9.18 Å². The summed E-state index contributed by atoms with van der Waals surface area (Å²) >= 11 is 0. The van der Waals surface area contributed by atoms with E-state index in [4.69, 9.17) is 4.74 Å². The number of rotatable bonds is 4. The van der Waals surface area contributed by atoms with E-state index in [1.807, 2.05) is 0 Å². The smallest absolute Gasteiger partial charge is 0.162 e. The fraction of sp³-hybridized carbons (Fsp3) is 0.562. The number of halogens is 1. The van der Waals surface area contributed by atoms with E-state index < -0.39 is 5.82 Å². The lowest BCUT2D eigenvalue weighted by Gasteiger charge is -2.45. The van der Waals surface area contributed by atoms with Crippen LogP contribution in [0.4, 0.5) is 4.39 Å². The van der Waals surface area contributed by atoms with Crippen molar-refractivity contribution in [3.8, 4) is 5.75 Å². The molecule has 3 nitrogen and oxygen atoms in total. The first-order valence-corrected chi connectivity index (χ1v) is 7.31. The van der Waals surface area contributed by atoms with E-state index >= 15 is 0 Å². The van der Waals surface area contributed by atoms with Gasteiger partial charge in [-0.25, -0.2) is 4.39 Å². The van der Waals surface area contributed by atoms with Crippen molar-refractivity contribution in [3.05, 3.63) is 29.6 Å². The van der Waals surface area contributed by atoms with Crippen LogP contribution in [0.25, 0.3) is 0 Å². The first-order chi connectivity index (χ1) is 9.63. The average Bonchev–Trinajstić information content (AvgIpc) is 2.46. The van der Waals surface area contributed by atoms with E-state index in [1.54, 1.807) is 6.07 Å². The summed E-state index contributed by atoms with van der Waals surface area (Å²) in [5.41, 5.74) is 0.123. The van der Waals surface area contributed by atoms with Gasteiger partial charge in [0.15, 0.2) is 5.78 Å². The van der Waals surface area contributed by atoms with Gasteiger partial charge in [-0.15, -0.1) is 0 Å². The first-order valence-electron chi connectivity index (χ1n) is 7.31. The van der Waals surface area contributed by atoms with Crippen LogP contribution in [0.3, 0.4) is 0 Å². The number of hydrogen-bond donors (Lipinski definition) is 0. The highest BCUT2D eigenvalue weighted by Crippen LogP contribution is 2.32. The molecule has 3 saturated heterocycles. The number of nitrogens with zero attached hydrogens (tertiary/aromatic N) is 1. The van der Waals surface area contributed by atoms with Crippen LogP contribution in [0.15, 0.2) is 18.2 Å². The van der Waals surface area contributed by atoms with Gasteiger partial charge in [-0.3, -0.25) is 9.69 Å². The molecule has 3 fully saturated rings. The minimum atomic E-state index is -0.500. The quantitative estimate of drug-likeness (QED) is 0.793. The zero-order valence-electron chi connectivity index (χ0n) is 11.8. The first kappa shape index (κ1) is 13.6. The van der Waals surface area contributed by atoms with Gasteiger partial charge >= 0.3 is 0 Å². The lowest BCUT2D eigenvalue weighted by atomic mass is 9.83. The Labute approximate surface area is 118 Å². The number of ketones is 1. The molecule has 0 amide bonds. The van der Waals surface area contributed by atoms with E-state index in [-0.39, 0.29) is 11.3 Å². The summed E-state index contributed by atoms with van der Waals surface area (Å²) in [4.78, 5) is 13.7. The van der Waals surface area contributed by atoms with Gasteiger partial charge in [0.1, 0.15) is 18.2 Å². The van der Waals surface area contributed by atoms with Gasteiger partial charge in [0, 0.05) is 12.1 Å². The molecule has 1 unspecified atom stereocenters. The van der Waals surface area contributed by atoms with Crippen LogP contribution in [0.1, 0.15) is 36.5 Å². The Morgan fingerprint density at radius 2 is 2.15 bits per heavy atom. The monoisotopic (exact) mass is 277 g/mol. The predicted octanol–water partition coefficient (Wildman–Crippen LogP) is 2.89.